The summed E-state index contributed by atoms with van der Waals surface area (Å²) in [5.41, 5.74) is 1.39. The number of nitrogens with one attached hydrogen (secondary N) is 1. The largest absolute Gasteiger partial charge is 0.461 e. The highest BCUT2D eigenvalue weighted by atomic mass is 16.6. The van der Waals surface area contributed by atoms with Crippen molar-refractivity contribution in [3.8, 4) is 0 Å². The van der Waals surface area contributed by atoms with Gasteiger partial charge in [0.1, 0.15) is 18.4 Å². The van der Waals surface area contributed by atoms with Crippen molar-refractivity contribution < 1.29 is 19.4 Å². The van der Waals surface area contributed by atoms with E-state index in [0.717, 1.165) is 18.8 Å². The van der Waals surface area contributed by atoms with E-state index in [9.17, 15) is 9.90 Å². The van der Waals surface area contributed by atoms with Crippen molar-refractivity contribution in [1.82, 2.24) is 15.4 Å². The van der Waals surface area contributed by atoms with Gasteiger partial charge in [0.05, 0.1) is 18.4 Å². The maximum atomic E-state index is 12.5. The zero-order valence-electron chi connectivity index (χ0n) is 22.8. The van der Waals surface area contributed by atoms with E-state index in [2.05, 4.69) is 61.3 Å². The standard InChI is InChI=1S/C30H43N3O4/c1-5-6-7-20-8-9-24-27(20,3)12-11-25-28(4)13-10-22(14-30(28,35)23-15-29(24,25)19(23)2)37-26(34)18-36-17-21-16-31-33-32-21/h5-6,15-16,19-20,22,24-25,35H,7-14,17-18H2,1-4H3,(H,31,32,33)/b6-5+/t19?,20?,22?,24?,25-,27?,28?,29+,30+/m1/s1. The van der Waals surface area contributed by atoms with E-state index in [1.807, 2.05) is 0 Å². The number of allylic oxidation sites excluding steroid dienone is 3. The fraction of sp³-hybridized carbons (Fsp3) is 0.767. The Labute approximate surface area is 220 Å². The molecular weight excluding hydrogens is 466 g/mol. The van der Waals surface area contributed by atoms with Crippen molar-refractivity contribution in [2.75, 3.05) is 6.61 Å². The molecule has 6 unspecified atom stereocenters. The van der Waals surface area contributed by atoms with E-state index < -0.39 is 5.60 Å². The molecule has 0 aliphatic heterocycles. The topological polar surface area (TPSA) is 97.3 Å². The third-order valence-electron chi connectivity index (χ3n) is 11.9. The van der Waals surface area contributed by atoms with Gasteiger partial charge in [0.2, 0.25) is 0 Å². The minimum absolute atomic E-state index is 0.126. The van der Waals surface area contributed by atoms with Crippen LogP contribution in [0.4, 0.5) is 0 Å². The third-order valence-corrected chi connectivity index (χ3v) is 11.9. The Hall–Kier alpha value is -1.99. The number of fused-ring (bicyclic) bond motifs is 1. The van der Waals surface area contributed by atoms with Gasteiger partial charge in [0.25, 0.3) is 0 Å². The normalized spacial score (nSPS) is 46.0. The summed E-state index contributed by atoms with van der Waals surface area (Å²) in [6.45, 7) is 9.51. The Kier molecular flexibility index (Phi) is 6.00. The average molecular weight is 510 g/mol. The lowest BCUT2D eigenvalue weighted by atomic mass is 9.29. The number of H-pyrrole nitrogens is 1. The van der Waals surface area contributed by atoms with Crippen molar-refractivity contribution in [1.29, 1.82) is 0 Å². The molecule has 7 heteroatoms. The van der Waals surface area contributed by atoms with Crippen LogP contribution in [0.15, 0.2) is 30.0 Å². The van der Waals surface area contributed by atoms with Crippen LogP contribution < -0.4 is 0 Å². The number of aliphatic hydroxyl groups is 1. The molecule has 4 saturated carbocycles. The van der Waals surface area contributed by atoms with Gasteiger partial charge >= 0.3 is 5.97 Å². The minimum atomic E-state index is -0.902. The van der Waals surface area contributed by atoms with Crippen LogP contribution in [0, 0.1) is 39.9 Å². The zero-order valence-corrected chi connectivity index (χ0v) is 22.8. The lowest BCUT2D eigenvalue weighted by Gasteiger charge is -2.76. The Bertz CT molecular complexity index is 1100. The highest BCUT2D eigenvalue weighted by Crippen LogP contribution is 2.80. The first-order valence-corrected chi connectivity index (χ1v) is 14.4. The molecule has 0 saturated heterocycles. The summed E-state index contributed by atoms with van der Waals surface area (Å²) >= 11 is 0. The number of aromatic nitrogens is 3. The lowest BCUT2D eigenvalue weighted by molar-refractivity contribution is -0.247. The van der Waals surface area contributed by atoms with Crippen LogP contribution in [0.25, 0.3) is 0 Å². The van der Waals surface area contributed by atoms with Crippen molar-refractivity contribution >= 4 is 5.97 Å². The van der Waals surface area contributed by atoms with Gasteiger partial charge in [0, 0.05) is 17.3 Å². The summed E-state index contributed by atoms with van der Waals surface area (Å²) in [5, 5.41) is 22.6. The second-order valence-electron chi connectivity index (χ2n) is 13.1. The number of carbonyl (C=O) groups is 1. The molecule has 6 aliphatic carbocycles. The van der Waals surface area contributed by atoms with Crippen molar-refractivity contribution in [3.63, 3.8) is 0 Å². The van der Waals surface area contributed by atoms with Crippen LogP contribution in [-0.4, -0.2) is 44.8 Å². The van der Waals surface area contributed by atoms with Crippen LogP contribution in [-0.2, 0) is 20.9 Å². The summed E-state index contributed by atoms with van der Waals surface area (Å²) in [6, 6.07) is 0. The molecule has 1 heterocycles. The predicted molar refractivity (Wildman–Crippen MR) is 139 cm³/mol. The first-order valence-electron chi connectivity index (χ1n) is 14.4. The van der Waals surface area contributed by atoms with E-state index >= 15 is 0 Å². The molecule has 2 bridgehead atoms. The van der Waals surface area contributed by atoms with Gasteiger partial charge in [-0.25, -0.2) is 4.79 Å². The highest BCUT2D eigenvalue weighted by molar-refractivity contribution is 5.71. The number of rotatable bonds is 7. The number of hydrogen-bond acceptors (Lipinski definition) is 6. The Balaban J connectivity index is 1.19. The quantitative estimate of drug-likeness (QED) is 0.390. The van der Waals surface area contributed by atoms with Crippen LogP contribution in [0.5, 0.6) is 0 Å². The van der Waals surface area contributed by atoms with Gasteiger partial charge < -0.3 is 14.6 Å². The van der Waals surface area contributed by atoms with Crippen molar-refractivity contribution in [3.05, 3.63) is 35.7 Å². The molecule has 4 fully saturated rings. The maximum absolute atomic E-state index is 12.5. The lowest BCUT2D eigenvalue weighted by Crippen LogP contribution is -2.74. The highest BCUT2D eigenvalue weighted by Gasteiger charge is 2.76. The van der Waals surface area contributed by atoms with Gasteiger partial charge in [-0.1, -0.05) is 39.0 Å². The van der Waals surface area contributed by atoms with E-state index in [0.29, 0.717) is 35.3 Å². The molecule has 0 radical (unpaired) electrons. The zero-order chi connectivity index (χ0) is 26.1. The molecule has 1 aromatic rings. The van der Waals surface area contributed by atoms with Crippen molar-refractivity contribution in [2.24, 2.45) is 39.9 Å². The number of ether oxygens (including phenoxy) is 2. The molecule has 0 aromatic carbocycles. The van der Waals surface area contributed by atoms with Gasteiger partial charge in [-0.15, -0.1) is 0 Å². The molecule has 1 spiro atoms. The predicted octanol–water partition coefficient (Wildman–Crippen LogP) is 5.14. The van der Waals surface area contributed by atoms with E-state index in [1.54, 1.807) is 6.20 Å². The first kappa shape index (κ1) is 25.3. The summed E-state index contributed by atoms with van der Waals surface area (Å²) in [6.07, 6.45) is 16.9. The fourth-order valence-corrected chi connectivity index (χ4v) is 10.1. The molecule has 202 valence electrons. The molecule has 37 heavy (non-hydrogen) atoms. The summed E-state index contributed by atoms with van der Waals surface area (Å²) in [7, 11) is 0. The fourth-order valence-electron chi connectivity index (χ4n) is 10.1. The number of aromatic amines is 1. The molecule has 6 aliphatic rings. The van der Waals surface area contributed by atoms with Crippen molar-refractivity contribution in [2.45, 2.75) is 97.4 Å². The molecule has 9 atom stereocenters. The van der Waals surface area contributed by atoms with Crippen LogP contribution in [0.2, 0.25) is 0 Å². The first-order chi connectivity index (χ1) is 17.7. The number of carbonyl (C=O) groups excluding carboxylic acids is 1. The smallest absolute Gasteiger partial charge is 0.332 e. The Morgan fingerprint density at radius 2 is 2.05 bits per heavy atom. The number of esters is 1. The van der Waals surface area contributed by atoms with Gasteiger partial charge in [-0.2, -0.15) is 15.4 Å². The van der Waals surface area contributed by atoms with Crippen LogP contribution in [0.1, 0.15) is 84.8 Å². The molecular formula is C30H43N3O4. The number of nitrogens with zero attached hydrogens (tertiary/aromatic N) is 2. The van der Waals surface area contributed by atoms with E-state index in [4.69, 9.17) is 9.47 Å². The average Bonchev–Trinajstić information content (AvgIpc) is 3.50. The van der Waals surface area contributed by atoms with Gasteiger partial charge in [-0.05, 0) is 86.5 Å². The van der Waals surface area contributed by atoms with Crippen LogP contribution in [0.3, 0.4) is 0 Å². The summed E-state index contributed by atoms with van der Waals surface area (Å²) < 4.78 is 11.3. The van der Waals surface area contributed by atoms with E-state index in [-0.39, 0.29) is 36.1 Å². The summed E-state index contributed by atoms with van der Waals surface area (Å²) in [5.74, 6) is 1.96. The SMILES string of the molecule is C/C=C/CC1CCC2C1(C)CC[C@@H]1C3(C)CCC(OC(=O)COCc4cn[nH]n4)C[C@]3(O)C3=C[C@]21C3C. The Morgan fingerprint density at radius 3 is 2.78 bits per heavy atom. The summed E-state index contributed by atoms with van der Waals surface area (Å²) in [4.78, 5) is 12.5. The molecule has 7 nitrogen and oxygen atoms in total. The van der Waals surface area contributed by atoms with Gasteiger partial charge in [-0.3, -0.25) is 0 Å². The van der Waals surface area contributed by atoms with Crippen LogP contribution >= 0.6 is 0 Å². The molecule has 1 aromatic heterocycles. The third kappa shape index (κ3) is 3.42. The monoisotopic (exact) mass is 509 g/mol. The molecule has 2 N–H and O–H groups in total. The second kappa shape index (κ2) is 8.77. The van der Waals surface area contributed by atoms with Gasteiger partial charge in [0.15, 0.2) is 0 Å². The minimum Gasteiger partial charge on any atom is -0.461 e. The molecule has 7 rings (SSSR count). The molecule has 0 amide bonds. The number of hydrogen-bond donors (Lipinski definition) is 2. The second-order valence-corrected chi connectivity index (χ2v) is 13.1. The van der Waals surface area contributed by atoms with E-state index in [1.165, 1.54) is 37.7 Å². The maximum Gasteiger partial charge on any atom is 0.332 e. The Morgan fingerprint density at radius 1 is 1.22 bits per heavy atom.